The van der Waals surface area contributed by atoms with Gasteiger partial charge in [0.05, 0.1) is 13.1 Å². The molecule has 0 saturated heterocycles. The van der Waals surface area contributed by atoms with E-state index in [2.05, 4.69) is 12.1 Å². The van der Waals surface area contributed by atoms with Gasteiger partial charge in [0.15, 0.2) is 11.4 Å². The zero-order valence-electron chi connectivity index (χ0n) is 21.0. The molecule has 36 heavy (non-hydrogen) atoms. The lowest BCUT2D eigenvalue weighted by Crippen LogP contribution is -2.45. The van der Waals surface area contributed by atoms with Crippen LogP contribution in [0.4, 0.5) is 0 Å². The highest BCUT2D eigenvalue weighted by Crippen LogP contribution is 2.21. The molecular weight excluding hydrogens is 456 g/mol. The zero-order valence-corrected chi connectivity index (χ0v) is 21.0. The van der Waals surface area contributed by atoms with Gasteiger partial charge in [0, 0.05) is 35.6 Å². The lowest BCUT2D eigenvalue weighted by molar-refractivity contribution is -0.155. The third kappa shape index (κ3) is 6.02. The number of nitrogens with zero attached hydrogens (tertiary/aromatic N) is 2. The summed E-state index contributed by atoms with van der Waals surface area (Å²) in [4.78, 5) is 24.7. The molecule has 0 radical (unpaired) electrons. The number of nitrogens with two attached hydrogens (primary N) is 2. The lowest BCUT2D eigenvalue weighted by atomic mass is 10.2. The third-order valence-electron chi connectivity index (χ3n) is 5.84. The predicted octanol–water partition coefficient (Wildman–Crippen LogP) is 3.91. The van der Waals surface area contributed by atoms with Gasteiger partial charge in [-0.2, -0.15) is 0 Å². The van der Waals surface area contributed by atoms with Crippen LogP contribution in [0.15, 0.2) is 73.1 Å². The maximum Gasteiger partial charge on any atom is 0.332 e. The van der Waals surface area contributed by atoms with Crippen LogP contribution in [0.1, 0.15) is 25.0 Å². The molecule has 2 aromatic heterocycles. The largest absolute Gasteiger partial charge is 0.439 e. The quantitative estimate of drug-likeness (QED) is 0.221. The second-order valence-corrected chi connectivity index (χ2v) is 9.81. The number of fused-ring (bicyclic) bond motifs is 2. The Bertz CT molecular complexity index is 1350. The fraction of sp³-hybridized carbons (Fsp3) is 0.286. The third-order valence-corrected chi connectivity index (χ3v) is 5.84. The Morgan fingerprint density at radius 3 is 1.53 bits per heavy atom. The van der Waals surface area contributed by atoms with Crippen molar-refractivity contribution in [3.63, 3.8) is 0 Å². The number of carbonyl (C=O) groups excluding carboxylic acids is 2. The maximum absolute atomic E-state index is 12.4. The SMILES string of the molecule is Cc1ccc2c(ccn2C[C@@](C)(N)OC(=O)/C=C/C(=O)O[C@](C)(N)Cn2ccc3cc(C)ccc32)c1. The van der Waals surface area contributed by atoms with E-state index in [9.17, 15) is 9.59 Å². The van der Waals surface area contributed by atoms with E-state index in [1.165, 1.54) is 0 Å². The van der Waals surface area contributed by atoms with E-state index < -0.39 is 23.4 Å². The predicted molar refractivity (Wildman–Crippen MR) is 140 cm³/mol. The number of hydrogen-bond donors (Lipinski definition) is 2. The molecule has 8 nitrogen and oxygen atoms in total. The molecule has 2 atom stereocenters. The first-order chi connectivity index (χ1) is 16.9. The molecule has 4 N–H and O–H groups in total. The van der Waals surface area contributed by atoms with Gasteiger partial charge in [-0.15, -0.1) is 0 Å². The van der Waals surface area contributed by atoms with Crippen LogP contribution in [-0.4, -0.2) is 32.5 Å². The molecule has 0 unspecified atom stereocenters. The first-order valence-corrected chi connectivity index (χ1v) is 11.7. The van der Waals surface area contributed by atoms with Crippen LogP contribution in [0.3, 0.4) is 0 Å². The van der Waals surface area contributed by atoms with Crippen molar-refractivity contribution < 1.29 is 19.1 Å². The van der Waals surface area contributed by atoms with Crippen molar-refractivity contribution in [2.24, 2.45) is 11.5 Å². The minimum Gasteiger partial charge on any atom is -0.439 e. The molecule has 4 rings (SSSR count). The van der Waals surface area contributed by atoms with Gasteiger partial charge >= 0.3 is 11.9 Å². The zero-order chi connectivity index (χ0) is 26.1. The smallest absolute Gasteiger partial charge is 0.332 e. The number of aromatic nitrogens is 2. The molecule has 0 aliphatic heterocycles. The second kappa shape index (κ2) is 9.64. The minimum absolute atomic E-state index is 0.245. The van der Waals surface area contributed by atoms with Crippen molar-refractivity contribution >= 4 is 33.7 Å². The Balaban J connectivity index is 1.33. The summed E-state index contributed by atoms with van der Waals surface area (Å²) in [5, 5.41) is 2.15. The van der Waals surface area contributed by atoms with Crippen molar-refractivity contribution in [1.82, 2.24) is 9.13 Å². The first-order valence-electron chi connectivity index (χ1n) is 11.7. The molecule has 8 heteroatoms. The van der Waals surface area contributed by atoms with E-state index in [-0.39, 0.29) is 13.1 Å². The molecule has 0 saturated carbocycles. The highest BCUT2D eigenvalue weighted by atomic mass is 16.6. The van der Waals surface area contributed by atoms with Gasteiger partial charge < -0.3 is 18.6 Å². The minimum atomic E-state index is -1.29. The number of hydrogen-bond acceptors (Lipinski definition) is 6. The molecule has 4 aromatic rings. The van der Waals surface area contributed by atoms with E-state index in [1.54, 1.807) is 13.8 Å². The van der Waals surface area contributed by atoms with Crippen LogP contribution in [0.5, 0.6) is 0 Å². The van der Waals surface area contributed by atoms with E-state index in [0.717, 1.165) is 45.1 Å². The monoisotopic (exact) mass is 488 g/mol. The van der Waals surface area contributed by atoms with Crippen LogP contribution in [0, 0.1) is 13.8 Å². The highest BCUT2D eigenvalue weighted by molar-refractivity contribution is 5.92. The van der Waals surface area contributed by atoms with E-state index in [0.29, 0.717) is 0 Å². The highest BCUT2D eigenvalue weighted by Gasteiger charge is 2.26. The average Bonchev–Trinajstić information content (AvgIpc) is 3.34. The molecule has 0 aliphatic carbocycles. The van der Waals surface area contributed by atoms with Gasteiger partial charge in [-0.3, -0.25) is 11.5 Å². The Hall–Kier alpha value is -3.88. The number of esters is 2. The van der Waals surface area contributed by atoms with Gasteiger partial charge in [-0.05, 0) is 74.9 Å². The average molecular weight is 489 g/mol. The van der Waals surface area contributed by atoms with Crippen LogP contribution >= 0.6 is 0 Å². The second-order valence-electron chi connectivity index (χ2n) is 9.81. The molecule has 0 fully saturated rings. The van der Waals surface area contributed by atoms with E-state index in [1.807, 2.05) is 71.8 Å². The number of rotatable bonds is 8. The van der Waals surface area contributed by atoms with Gasteiger partial charge in [0.25, 0.3) is 0 Å². The van der Waals surface area contributed by atoms with Crippen molar-refractivity contribution in [3.05, 3.63) is 84.2 Å². The molecular formula is C28H32N4O4. The summed E-state index contributed by atoms with van der Waals surface area (Å²) >= 11 is 0. The normalized spacial score (nSPS) is 15.2. The Morgan fingerprint density at radius 2 is 1.14 bits per heavy atom. The fourth-order valence-electron chi connectivity index (χ4n) is 4.32. The molecule has 0 spiro atoms. The van der Waals surface area contributed by atoms with Gasteiger partial charge in [-0.25, -0.2) is 9.59 Å². The number of benzene rings is 2. The molecule has 0 amide bonds. The first kappa shape index (κ1) is 25.2. The summed E-state index contributed by atoms with van der Waals surface area (Å²) in [6.07, 6.45) is 5.78. The van der Waals surface area contributed by atoms with Crippen LogP contribution in [0.2, 0.25) is 0 Å². The Kier molecular flexibility index (Phi) is 6.75. The molecule has 2 aromatic carbocycles. The fourth-order valence-corrected chi connectivity index (χ4v) is 4.32. The maximum atomic E-state index is 12.4. The van der Waals surface area contributed by atoms with Crippen molar-refractivity contribution in [1.29, 1.82) is 0 Å². The number of aryl methyl sites for hydroxylation is 2. The van der Waals surface area contributed by atoms with Gasteiger partial charge in [-0.1, -0.05) is 23.3 Å². The molecule has 2 heterocycles. The standard InChI is InChI=1S/C28H32N4O4/c1-19-5-7-23-21(15-19)11-13-31(23)17-27(3,29)35-25(33)9-10-26(34)36-28(4,30)18-32-14-12-22-16-20(2)6-8-24(22)32/h5-16H,17-18,29-30H2,1-4H3/b10-9+/t27-,28-/m0/s1. The summed E-state index contributed by atoms with van der Waals surface area (Å²) in [5.74, 6) is -1.51. The molecule has 0 aliphatic rings. The van der Waals surface area contributed by atoms with Crippen molar-refractivity contribution in [3.8, 4) is 0 Å². The molecule has 188 valence electrons. The van der Waals surface area contributed by atoms with E-state index in [4.69, 9.17) is 20.9 Å². The van der Waals surface area contributed by atoms with Gasteiger partial charge in [0.2, 0.25) is 0 Å². The summed E-state index contributed by atoms with van der Waals surface area (Å²) in [7, 11) is 0. The van der Waals surface area contributed by atoms with Gasteiger partial charge in [0.1, 0.15) is 0 Å². The number of carbonyl (C=O) groups is 2. The van der Waals surface area contributed by atoms with Crippen LogP contribution in [-0.2, 0) is 32.2 Å². The van der Waals surface area contributed by atoms with Crippen molar-refractivity contribution in [2.75, 3.05) is 0 Å². The topological polar surface area (TPSA) is 114 Å². The summed E-state index contributed by atoms with van der Waals surface area (Å²) in [5.41, 5.74) is 14.2. The van der Waals surface area contributed by atoms with Crippen LogP contribution < -0.4 is 11.5 Å². The van der Waals surface area contributed by atoms with E-state index >= 15 is 0 Å². The van der Waals surface area contributed by atoms with Crippen LogP contribution in [0.25, 0.3) is 21.8 Å². The summed E-state index contributed by atoms with van der Waals surface area (Å²) in [6.45, 7) is 7.76. The summed E-state index contributed by atoms with van der Waals surface area (Å²) < 4.78 is 14.6. The Morgan fingerprint density at radius 1 is 0.750 bits per heavy atom. The summed E-state index contributed by atoms with van der Waals surface area (Å²) in [6, 6.07) is 16.1. The molecule has 0 bridgehead atoms. The van der Waals surface area contributed by atoms with Crippen molar-refractivity contribution in [2.45, 2.75) is 52.2 Å². The Labute approximate surface area is 210 Å². The lowest BCUT2D eigenvalue weighted by Gasteiger charge is -2.26. The number of ether oxygens (including phenoxy) is 2.